The Morgan fingerprint density at radius 1 is 0.530 bits per heavy atom. The van der Waals surface area contributed by atoms with Crippen molar-refractivity contribution in [3.05, 3.63) is 130 Å². The highest BCUT2D eigenvalue weighted by molar-refractivity contribution is 6.09. The van der Waals surface area contributed by atoms with Crippen LogP contribution in [0.4, 0.5) is 11.4 Å². The molecular formula is C50H60N6O10. The minimum Gasteiger partial charge on any atom is -0.387 e. The number of carbonyl (C=O) groups is 6. The van der Waals surface area contributed by atoms with E-state index in [2.05, 4.69) is 21.3 Å². The van der Waals surface area contributed by atoms with Crippen molar-refractivity contribution in [2.24, 2.45) is 11.8 Å². The Balaban J connectivity index is 1.32. The first-order valence-electron chi connectivity index (χ1n) is 22.2. The molecule has 0 aromatic heterocycles. The van der Waals surface area contributed by atoms with Gasteiger partial charge in [-0.25, -0.2) is 0 Å². The summed E-state index contributed by atoms with van der Waals surface area (Å²) in [6.07, 6.45) is -7.04. The second kappa shape index (κ2) is 22.2. The summed E-state index contributed by atoms with van der Waals surface area (Å²) in [5, 5.41) is 34.5. The number of benzene rings is 4. The van der Waals surface area contributed by atoms with E-state index in [0.717, 1.165) is 22.5 Å². The normalized spacial score (nSPS) is 15.8. The highest BCUT2D eigenvalue weighted by atomic mass is 16.5. The average Bonchev–Trinajstić information content (AvgIpc) is 3.97. The number of anilines is 2. The van der Waals surface area contributed by atoms with Gasteiger partial charge in [-0.05, 0) is 71.2 Å². The zero-order valence-electron chi connectivity index (χ0n) is 38.2. The van der Waals surface area contributed by atoms with Crippen molar-refractivity contribution < 1.29 is 48.5 Å². The van der Waals surface area contributed by atoms with Crippen molar-refractivity contribution in [3.63, 3.8) is 0 Å². The predicted octanol–water partition coefficient (Wildman–Crippen LogP) is 3.06. The lowest BCUT2D eigenvalue weighted by Gasteiger charge is -2.33. The van der Waals surface area contributed by atoms with E-state index in [0.29, 0.717) is 37.1 Å². The van der Waals surface area contributed by atoms with Gasteiger partial charge in [0.05, 0.1) is 13.2 Å². The molecule has 16 nitrogen and oxygen atoms in total. The second-order valence-electron chi connectivity index (χ2n) is 17.1. The molecule has 0 bridgehead atoms. The number of hydrogen-bond donors (Lipinski definition) is 6. The van der Waals surface area contributed by atoms with Crippen molar-refractivity contribution in [2.45, 2.75) is 90.2 Å². The summed E-state index contributed by atoms with van der Waals surface area (Å²) in [6.45, 7) is 6.87. The quantitative estimate of drug-likeness (QED) is 0.0809. The van der Waals surface area contributed by atoms with Crippen LogP contribution in [-0.4, -0.2) is 109 Å². The molecule has 0 saturated heterocycles. The molecule has 6 N–H and O–H groups in total. The first-order valence-corrected chi connectivity index (χ1v) is 22.2. The molecular weight excluding hydrogens is 845 g/mol. The third-order valence-corrected chi connectivity index (χ3v) is 12.1. The zero-order chi connectivity index (χ0) is 47.7. The van der Waals surface area contributed by atoms with E-state index in [1.165, 1.54) is 14.1 Å². The maximum absolute atomic E-state index is 14.3. The molecule has 0 aliphatic carbocycles. The van der Waals surface area contributed by atoms with E-state index in [1.807, 2.05) is 48.5 Å². The van der Waals surface area contributed by atoms with Gasteiger partial charge in [0, 0.05) is 49.7 Å². The van der Waals surface area contributed by atoms with Crippen molar-refractivity contribution in [1.29, 1.82) is 0 Å². The molecule has 6 amide bonds. The monoisotopic (exact) mass is 904 g/mol. The largest absolute Gasteiger partial charge is 0.387 e. The van der Waals surface area contributed by atoms with Crippen LogP contribution in [0.5, 0.6) is 0 Å². The fraction of sp³-hybridized carbons (Fsp3) is 0.400. The van der Waals surface area contributed by atoms with E-state index in [4.69, 9.17) is 9.47 Å². The first-order chi connectivity index (χ1) is 31.7. The third-order valence-electron chi connectivity index (χ3n) is 12.1. The first kappa shape index (κ1) is 49.0. The van der Waals surface area contributed by atoms with Crippen LogP contribution < -0.4 is 31.1 Å². The van der Waals surface area contributed by atoms with Crippen LogP contribution in [0, 0.1) is 11.8 Å². The van der Waals surface area contributed by atoms with Crippen molar-refractivity contribution in [1.82, 2.24) is 21.3 Å². The molecule has 0 unspecified atom stereocenters. The number of carbonyl (C=O) groups excluding carboxylic acids is 6. The molecule has 2 heterocycles. The molecule has 4 aromatic carbocycles. The molecule has 0 fully saturated rings. The van der Waals surface area contributed by atoms with Gasteiger partial charge in [-0.2, -0.15) is 0 Å². The number of likely N-dealkylation sites (N-methyl/N-ethyl adjacent to an activating group) is 2. The molecule has 350 valence electrons. The molecule has 6 atom stereocenters. The van der Waals surface area contributed by atoms with Gasteiger partial charge in [0.15, 0.2) is 12.2 Å². The summed E-state index contributed by atoms with van der Waals surface area (Å²) >= 11 is 0. The van der Waals surface area contributed by atoms with Gasteiger partial charge in [0.2, 0.25) is 11.8 Å². The van der Waals surface area contributed by atoms with Crippen LogP contribution in [0.1, 0.15) is 70.7 Å². The summed E-state index contributed by atoms with van der Waals surface area (Å²) in [5.41, 5.74) is 4.85. The number of aliphatic hydroxyl groups excluding tert-OH is 2. The van der Waals surface area contributed by atoms with E-state index < -0.39 is 85.2 Å². The number of para-hydroxylation sites is 2. The lowest BCUT2D eigenvalue weighted by atomic mass is 9.97. The molecule has 0 spiro atoms. The molecule has 16 heteroatoms. The topological polar surface area (TPSA) is 216 Å². The van der Waals surface area contributed by atoms with Gasteiger partial charge in [-0.3, -0.25) is 28.8 Å². The van der Waals surface area contributed by atoms with Gasteiger partial charge in [0.25, 0.3) is 23.6 Å². The van der Waals surface area contributed by atoms with E-state index in [1.54, 1.807) is 86.0 Å². The average molecular weight is 905 g/mol. The lowest BCUT2D eigenvalue weighted by molar-refractivity contribution is -0.171. The summed E-state index contributed by atoms with van der Waals surface area (Å²) in [7, 11) is 2.81. The Kier molecular flexibility index (Phi) is 16.4. The Morgan fingerprint density at radius 2 is 0.879 bits per heavy atom. The number of fused-ring (bicyclic) bond motifs is 2. The van der Waals surface area contributed by atoms with Crippen LogP contribution in [0.15, 0.2) is 97.1 Å². The fourth-order valence-corrected chi connectivity index (χ4v) is 8.33. The lowest BCUT2D eigenvalue weighted by Crippen LogP contribution is -2.60. The minimum atomic E-state index is -2.22. The Morgan fingerprint density at radius 3 is 1.24 bits per heavy atom. The van der Waals surface area contributed by atoms with Gasteiger partial charge >= 0.3 is 0 Å². The van der Waals surface area contributed by atoms with E-state index in [-0.39, 0.29) is 22.9 Å². The Hall–Kier alpha value is -6.46. The summed E-state index contributed by atoms with van der Waals surface area (Å²) in [6, 6.07) is 26.2. The summed E-state index contributed by atoms with van der Waals surface area (Å²) < 4.78 is 12.3. The SMILES string of the molecule is CNC(=O)[C@@H](NC(=O)[C@H](OCc1ccccc1C(=O)N1CCc2ccccc21)[C@H](O)[C@@H](O)[C@@H](OCc1ccccc1C(=O)N1CCc2ccccc21)C(=O)N[C@H](C(=O)NC)C(C)C)C(C)C. The highest BCUT2D eigenvalue weighted by Crippen LogP contribution is 2.31. The van der Waals surface area contributed by atoms with E-state index >= 15 is 0 Å². The third kappa shape index (κ3) is 11.0. The van der Waals surface area contributed by atoms with Gasteiger partial charge in [0.1, 0.15) is 24.3 Å². The van der Waals surface area contributed by atoms with Crippen LogP contribution in [0.3, 0.4) is 0 Å². The van der Waals surface area contributed by atoms with Crippen molar-refractivity contribution in [3.8, 4) is 0 Å². The number of nitrogens with zero attached hydrogens (tertiary/aromatic N) is 2. The van der Waals surface area contributed by atoms with Gasteiger partial charge < -0.3 is 50.8 Å². The number of nitrogens with one attached hydrogen (secondary N) is 4. The Labute approximate surface area is 385 Å². The molecule has 2 aliphatic heterocycles. The zero-order valence-corrected chi connectivity index (χ0v) is 38.2. The van der Waals surface area contributed by atoms with Crippen molar-refractivity contribution in [2.75, 3.05) is 37.0 Å². The van der Waals surface area contributed by atoms with Crippen LogP contribution in [0.2, 0.25) is 0 Å². The summed E-state index contributed by atoms with van der Waals surface area (Å²) in [4.78, 5) is 86.0. The highest BCUT2D eigenvalue weighted by Gasteiger charge is 2.43. The summed E-state index contributed by atoms with van der Waals surface area (Å²) in [5.74, 6) is -4.57. The molecule has 2 aliphatic rings. The maximum Gasteiger partial charge on any atom is 0.258 e. The molecule has 0 radical (unpaired) electrons. The molecule has 66 heavy (non-hydrogen) atoms. The number of ether oxygens (including phenoxy) is 2. The van der Waals surface area contributed by atoms with Crippen LogP contribution in [0.25, 0.3) is 0 Å². The molecule has 6 rings (SSSR count). The number of amides is 6. The Bertz CT molecular complexity index is 2240. The molecule has 0 saturated carbocycles. The number of hydrogen-bond acceptors (Lipinski definition) is 10. The van der Waals surface area contributed by atoms with Gasteiger partial charge in [-0.15, -0.1) is 0 Å². The fourth-order valence-electron chi connectivity index (χ4n) is 8.33. The smallest absolute Gasteiger partial charge is 0.258 e. The van der Waals surface area contributed by atoms with Crippen LogP contribution >= 0.6 is 0 Å². The minimum absolute atomic E-state index is 0.272. The predicted molar refractivity (Wildman–Crippen MR) is 247 cm³/mol. The number of rotatable bonds is 19. The second-order valence-corrected chi connectivity index (χ2v) is 17.1. The van der Waals surface area contributed by atoms with E-state index in [9.17, 15) is 39.0 Å². The van der Waals surface area contributed by atoms with Crippen LogP contribution in [-0.2, 0) is 54.7 Å². The van der Waals surface area contributed by atoms with Crippen molar-refractivity contribution >= 4 is 46.8 Å². The molecule has 4 aromatic rings. The maximum atomic E-state index is 14.3. The number of aliphatic hydroxyl groups is 2. The standard InChI is InChI=1S/C50H60N6O10/c1-29(2)39(45(59)51-5)53-47(61)43(65-27-33-17-7-11-19-35(33)49(63)55-25-23-31-15-9-13-21-37(31)55)41(57)42(58)44(48(62)54-40(30(3)4)46(60)52-6)66-28-34-18-8-12-20-36(34)50(64)56-26-24-32-16-10-14-22-38(32)56/h7-22,29-30,39-44,57-58H,23-28H2,1-6H3,(H,51,59)(H,52,60)(H,53,61)(H,54,62)/t39-,40-,41+,42+,43+,44+/m0/s1. The van der Waals surface area contributed by atoms with Gasteiger partial charge in [-0.1, -0.05) is 100 Å².